The summed E-state index contributed by atoms with van der Waals surface area (Å²) in [5.74, 6) is -1.87. The van der Waals surface area contributed by atoms with Gasteiger partial charge in [0.2, 0.25) is 10.0 Å². The molecule has 128 valence electrons. The third kappa shape index (κ3) is 5.30. The molecule has 1 fully saturated rings. The fraction of sp³-hybridized carbons (Fsp3) is 0.562. The zero-order valence-corrected chi connectivity index (χ0v) is 14.0. The van der Waals surface area contributed by atoms with Gasteiger partial charge in [0.1, 0.15) is 0 Å². The normalized spacial score (nSPS) is 17.8. The van der Waals surface area contributed by atoms with E-state index < -0.39 is 21.9 Å². The molecule has 6 nitrogen and oxygen atoms in total. The summed E-state index contributed by atoms with van der Waals surface area (Å²) in [5, 5.41) is 9.38. The molecule has 1 aromatic carbocycles. The minimum atomic E-state index is -3.57. The van der Waals surface area contributed by atoms with E-state index >= 15 is 0 Å². The molecule has 0 bridgehead atoms. The molecule has 2 N–H and O–H groups in total. The van der Waals surface area contributed by atoms with E-state index in [0.717, 1.165) is 11.1 Å². The molecule has 1 aliphatic rings. The Hall–Kier alpha value is -1.44. The maximum atomic E-state index is 12.2. The van der Waals surface area contributed by atoms with E-state index in [0.29, 0.717) is 26.1 Å². The third-order valence-electron chi connectivity index (χ3n) is 4.28. The van der Waals surface area contributed by atoms with Crippen molar-refractivity contribution in [2.24, 2.45) is 11.8 Å². The standard InChI is InChI=1S/C16H23NO5S/c1-12-4-2-3-5-14(12)11-23(20,21)17-10-15(16(18)19)13-6-8-22-9-7-13/h2-5,13,15,17H,6-11H2,1H3,(H,18,19). The predicted molar refractivity (Wildman–Crippen MR) is 86.5 cm³/mol. The highest BCUT2D eigenvalue weighted by Gasteiger charge is 2.30. The highest BCUT2D eigenvalue weighted by atomic mass is 32.2. The minimum Gasteiger partial charge on any atom is -0.481 e. The molecule has 0 aliphatic carbocycles. The Morgan fingerprint density at radius 1 is 1.35 bits per heavy atom. The van der Waals surface area contributed by atoms with Gasteiger partial charge in [0.05, 0.1) is 11.7 Å². The first-order chi connectivity index (χ1) is 10.9. The van der Waals surface area contributed by atoms with E-state index in [-0.39, 0.29) is 18.2 Å². The van der Waals surface area contributed by atoms with Crippen LogP contribution in [-0.2, 0) is 25.3 Å². The van der Waals surface area contributed by atoms with Gasteiger partial charge < -0.3 is 9.84 Å². The molecule has 1 aliphatic heterocycles. The Morgan fingerprint density at radius 2 is 2.00 bits per heavy atom. The number of ether oxygens (including phenoxy) is 1. The predicted octanol–water partition coefficient (Wildman–Crippen LogP) is 1.54. The Kier molecular flexibility index (Phi) is 6.15. The van der Waals surface area contributed by atoms with Gasteiger partial charge in [0.15, 0.2) is 0 Å². The Balaban J connectivity index is 1.98. The Morgan fingerprint density at radius 3 is 2.61 bits per heavy atom. The van der Waals surface area contributed by atoms with Crippen LogP contribution in [0, 0.1) is 18.8 Å². The second-order valence-corrected chi connectivity index (χ2v) is 7.74. The van der Waals surface area contributed by atoms with Crippen LogP contribution in [0.15, 0.2) is 24.3 Å². The summed E-state index contributed by atoms with van der Waals surface area (Å²) in [7, 11) is -3.57. The second-order valence-electron chi connectivity index (χ2n) is 5.93. The van der Waals surface area contributed by atoms with E-state index in [9.17, 15) is 18.3 Å². The molecule has 0 spiro atoms. The molecule has 23 heavy (non-hydrogen) atoms. The number of carboxylic acids is 1. The summed E-state index contributed by atoms with van der Waals surface area (Å²) in [6.45, 7) is 2.84. The lowest BCUT2D eigenvalue weighted by atomic mass is 9.86. The molecule has 1 saturated heterocycles. The lowest BCUT2D eigenvalue weighted by Crippen LogP contribution is -2.39. The number of aryl methyl sites for hydroxylation is 1. The summed E-state index contributed by atoms with van der Waals surface area (Å²) in [6.07, 6.45) is 1.30. The van der Waals surface area contributed by atoms with Crippen LogP contribution in [-0.4, -0.2) is 39.3 Å². The lowest BCUT2D eigenvalue weighted by Gasteiger charge is -2.27. The number of nitrogens with one attached hydrogen (secondary N) is 1. The molecule has 1 atom stereocenters. The molecule has 2 rings (SSSR count). The number of sulfonamides is 1. The quantitative estimate of drug-likeness (QED) is 0.785. The maximum absolute atomic E-state index is 12.2. The zero-order valence-electron chi connectivity index (χ0n) is 13.2. The van der Waals surface area contributed by atoms with Crippen LogP contribution < -0.4 is 4.72 Å². The fourth-order valence-electron chi connectivity index (χ4n) is 2.82. The average molecular weight is 341 g/mol. The Bertz CT molecular complexity index is 638. The van der Waals surface area contributed by atoms with Gasteiger partial charge in [-0.15, -0.1) is 0 Å². The molecule has 1 unspecified atom stereocenters. The molecular formula is C16H23NO5S. The molecule has 7 heteroatoms. The van der Waals surface area contributed by atoms with Gasteiger partial charge in [-0.25, -0.2) is 13.1 Å². The SMILES string of the molecule is Cc1ccccc1CS(=O)(=O)NCC(C(=O)O)C1CCOCC1. The van der Waals surface area contributed by atoms with Crippen molar-refractivity contribution in [1.82, 2.24) is 4.72 Å². The van der Waals surface area contributed by atoms with E-state index in [2.05, 4.69) is 4.72 Å². The van der Waals surface area contributed by atoms with Crippen molar-refractivity contribution < 1.29 is 23.1 Å². The van der Waals surface area contributed by atoms with Crippen LogP contribution in [0.1, 0.15) is 24.0 Å². The average Bonchev–Trinajstić information content (AvgIpc) is 2.50. The fourth-order valence-corrected chi connectivity index (χ4v) is 4.09. The van der Waals surface area contributed by atoms with Crippen LogP contribution in [0.3, 0.4) is 0 Å². The molecule has 0 amide bonds. The number of carbonyl (C=O) groups is 1. The van der Waals surface area contributed by atoms with Crippen LogP contribution >= 0.6 is 0 Å². The Labute approximate surface area is 136 Å². The number of carboxylic acid groups (broad SMARTS) is 1. The molecular weight excluding hydrogens is 318 g/mol. The number of hydrogen-bond donors (Lipinski definition) is 2. The third-order valence-corrected chi connectivity index (χ3v) is 5.58. The zero-order chi connectivity index (χ0) is 16.9. The first-order valence-electron chi connectivity index (χ1n) is 7.71. The lowest BCUT2D eigenvalue weighted by molar-refractivity contribution is -0.144. The summed E-state index contributed by atoms with van der Waals surface area (Å²) in [5.41, 5.74) is 1.62. The van der Waals surface area contributed by atoms with Crippen molar-refractivity contribution >= 4 is 16.0 Å². The minimum absolute atomic E-state index is 0.0533. The van der Waals surface area contributed by atoms with Gasteiger partial charge in [-0.3, -0.25) is 4.79 Å². The smallest absolute Gasteiger partial charge is 0.308 e. The van der Waals surface area contributed by atoms with Crippen LogP contribution in [0.5, 0.6) is 0 Å². The number of aliphatic carboxylic acids is 1. The molecule has 1 heterocycles. The largest absolute Gasteiger partial charge is 0.481 e. The first kappa shape index (κ1) is 17.9. The van der Waals surface area contributed by atoms with Gasteiger partial charge >= 0.3 is 5.97 Å². The molecule has 0 radical (unpaired) electrons. The summed E-state index contributed by atoms with van der Waals surface area (Å²) < 4.78 is 32.2. The monoisotopic (exact) mass is 341 g/mol. The van der Waals surface area contributed by atoms with Crippen molar-refractivity contribution in [2.75, 3.05) is 19.8 Å². The van der Waals surface area contributed by atoms with Gasteiger partial charge in [0, 0.05) is 19.8 Å². The first-order valence-corrected chi connectivity index (χ1v) is 9.36. The van der Waals surface area contributed by atoms with E-state index in [1.807, 2.05) is 19.1 Å². The summed E-state index contributed by atoms with van der Waals surface area (Å²) in [6, 6.07) is 7.26. The van der Waals surface area contributed by atoms with Crippen molar-refractivity contribution in [1.29, 1.82) is 0 Å². The highest BCUT2D eigenvalue weighted by Crippen LogP contribution is 2.24. The summed E-state index contributed by atoms with van der Waals surface area (Å²) >= 11 is 0. The molecule has 0 aromatic heterocycles. The number of hydrogen-bond acceptors (Lipinski definition) is 4. The van der Waals surface area contributed by atoms with Crippen molar-refractivity contribution in [3.63, 3.8) is 0 Å². The van der Waals surface area contributed by atoms with Crippen LogP contribution in [0.2, 0.25) is 0 Å². The summed E-state index contributed by atoms with van der Waals surface area (Å²) in [4.78, 5) is 11.5. The highest BCUT2D eigenvalue weighted by molar-refractivity contribution is 7.88. The van der Waals surface area contributed by atoms with E-state index in [1.165, 1.54) is 0 Å². The second kappa shape index (κ2) is 7.90. The van der Waals surface area contributed by atoms with E-state index in [1.54, 1.807) is 12.1 Å². The van der Waals surface area contributed by atoms with Gasteiger partial charge in [-0.05, 0) is 36.8 Å². The number of rotatable bonds is 7. The van der Waals surface area contributed by atoms with Crippen LogP contribution in [0.4, 0.5) is 0 Å². The maximum Gasteiger partial charge on any atom is 0.308 e. The topological polar surface area (TPSA) is 92.7 Å². The van der Waals surface area contributed by atoms with Gasteiger partial charge in [0.25, 0.3) is 0 Å². The van der Waals surface area contributed by atoms with Gasteiger partial charge in [-0.1, -0.05) is 24.3 Å². The van der Waals surface area contributed by atoms with Crippen LogP contribution in [0.25, 0.3) is 0 Å². The molecule has 0 saturated carbocycles. The molecule has 1 aromatic rings. The van der Waals surface area contributed by atoms with Crippen molar-refractivity contribution in [3.05, 3.63) is 35.4 Å². The van der Waals surface area contributed by atoms with Crippen molar-refractivity contribution in [2.45, 2.75) is 25.5 Å². The van der Waals surface area contributed by atoms with E-state index in [4.69, 9.17) is 4.74 Å². The van der Waals surface area contributed by atoms with Gasteiger partial charge in [-0.2, -0.15) is 0 Å². The van der Waals surface area contributed by atoms with Crippen molar-refractivity contribution in [3.8, 4) is 0 Å². The number of benzene rings is 1.